The van der Waals surface area contributed by atoms with Crippen molar-refractivity contribution in [2.45, 2.75) is 6.04 Å². The number of ether oxygens (including phenoxy) is 1. The summed E-state index contributed by atoms with van der Waals surface area (Å²) >= 11 is 2.15. The Morgan fingerprint density at radius 1 is 1.43 bits per heavy atom. The second-order valence-corrected chi connectivity index (χ2v) is 6.15. The first kappa shape index (κ1) is 16.2. The van der Waals surface area contributed by atoms with Gasteiger partial charge < -0.3 is 15.2 Å². The van der Waals surface area contributed by atoms with Crippen LogP contribution in [-0.4, -0.2) is 54.7 Å². The number of carbonyl (C=O) groups is 2. The summed E-state index contributed by atoms with van der Waals surface area (Å²) in [5, 5.41) is 12.0. The lowest BCUT2D eigenvalue weighted by molar-refractivity contribution is -0.143. The zero-order valence-electron chi connectivity index (χ0n) is 11.6. The summed E-state index contributed by atoms with van der Waals surface area (Å²) < 4.78 is 6.17. The van der Waals surface area contributed by atoms with E-state index in [1.807, 2.05) is 24.3 Å². The highest BCUT2D eigenvalue weighted by Gasteiger charge is 2.37. The van der Waals surface area contributed by atoms with Crippen molar-refractivity contribution >= 4 is 40.2 Å². The van der Waals surface area contributed by atoms with Crippen LogP contribution in [0.5, 0.6) is 0 Å². The molecule has 1 heterocycles. The van der Waals surface area contributed by atoms with Crippen molar-refractivity contribution in [2.75, 3.05) is 32.1 Å². The maximum atomic E-state index is 12.1. The van der Waals surface area contributed by atoms with Gasteiger partial charge in [0.05, 0.1) is 31.4 Å². The molecule has 2 rings (SSSR count). The van der Waals surface area contributed by atoms with Crippen LogP contribution in [0.1, 0.15) is 0 Å². The first-order valence-corrected chi connectivity index (χ1v) is 7.62. The van der Waals surface area contributed by atoms with Gasteiger partial charge in [0.2, 0.25) is 5.91 Å². The molecule has 1 amide bonds. The molecule has 1 saturated heterocycles. The molecule has 0 radical (unpaired) electrons. The second kappa shape index (κ2) is 7.19. The highest BCUT2D eigenvalue weighted by Crippen LogP contribution is 2.20. The van der Waals surface area contributed by atoms with Crippen molar-refractivity contribution < 1.29 is 19.4 Å². The number of nitrogens with zero attached hydrogens (tertiary/aromatic N) is 1. The third kappa shape index (κ3) is 4.14. The van der Waals surface area contributed by atoms with Crippen molar-refractivity contribution in [1.82, 2.24) is 4.90 Å². The maximum Gasteiger partial charge on any atom is 0.310 e. The number of nitrogens with one attached hydrogen (secondary N) is 1. The molecule has 2 unspecified atom stereocenters. The van der Waals surface area contributed by atoms with Crippen LogP contribution < -0.4 is 5.32 Å². The topological polar surface area (TPSA) is 78.9 Å². The maximum absolute atomic E-state index is 12.1. The lowest BCUT2D eigenvalue weighted by Crippen LogP contribution is -2.44. The van der Waals surface area contributed by atoms with Gasteiger partial charge in [-0.3, -0.25) is 14.5 Å². The SMILES string of the molecule is CN(CC(=O)Nc1ccccc1I)C1COCC1C(=O)O. The number of rotatable bonds is 5. The van der Waals surface area contributed by atoms with E-state index in [1.165, 1.54) is 0 Å². The molecule has 0 aromatic heterocycles. The molecule has 7 heteroatoms. The number of carbonyl (C=O) groups excluding carboxylic acids is 1. The number of halogens is 1. The van der Waals surface area contributed by atoms with E-state index in [2.05, 4.69) is 27.9 Å². The molecule has 0 aliphatic carbocycles. The molecule has 1 fully saturated rings. The molecule has 1 aliphatic rings. The molecule has 0 spiro atoms. The average Bonchev–Trinajstić information content (AvgIpc) is 2.91. The third-order valence-corrected chi connectivity index (χ3v) is 4.42. The van der Waals surface area contributed by atoms with Gasteiger partial charge in [0, 0.05) is 9.61 Å². The van der Waals surface area contributed by atoms with E-state index in [0.717, 1.165) is 9.26 Å². The average molecular weight is 404 g/mol. The Morgan fingerprint density at radius 3 is 2.81 bits per heavy atom. The normalized spacial score (nSPS) is 21.5. The molecule has 2 atom stereocenters. The predicted octanol–water partition coefficient (Wildman–Crippen LogP) is 1.26. The number of para-hydroxylation sites is 1. The van der Waals surface area contributed by atoms with Crippen molar-refractivity contribution in [1.29, 1.82) is 0 Å². The van der Waals surface area contributed by atoms with Crippen molar-refractivity contribution in [2.24, 2.45) is 5.92 Å². The van der Waals surface area contributed by atoms with Crippen molar-refractivity contribution in [3.05, 3.63) is 27.8 Å². The van der Waals surface area contributed by atoms with Crippen LogP contribution in [0.2, 0.25) is 0 Å². The van der Waals surface area contributed by atoms with Crippen LogP contribution in [0.15, 0.2) is 24.3 Å². The smallest absolute Gasteiger partial charge is 0.310 e. The van der Waals surface area contributed by atoms with E-state index >= 15 is 0 Å². The molecule has 6 nitrogen and oxygen atoms in total. The lowest BCUT2D eigenvalue weighted by Gasteiger charge is -2.25. The monoisotopic (exact) mass is 404 g/mol. The van der Waals surface area contributed by atoms with Crippen LogP contribution in [0.25, 0.3) is 0 Å². The highest BCUT2D eigenvalue weighted by molar-refractivity contribution is 14.1. The number of hydrogen-bond acceptors (Lipinski definition) is 4. The third-order valence-electron chi connectivity index (χ3n) is 3.47. The van der Waals surface area contributed by atoms with Crippen LogP contribution >= 0.6 is 22.6 Å². The largest absolute Gasteiger partial charge is 0.481 e. The lowest BCUT2D eigenvalue weighted by atomic mass is 10.0. The van der Waals surface area contributed by atoms with E-state index in [1.54, 1.807) is 11.9 Å². The Hall–Kier alpha value is -1.19. The van der Waals surface area contributed by atoms with Gasteiger partial charge >= 0.3 is 5.97 Å². The summed E-state index contributed by atoms with van der Waals surface area (Å²) in [5.74, 6) is -1.64. The molecule has 1 aromatic rings. The standard InChI is InChI=1S/C14H17IN2O4/c1-17(12-8-21-7-9(12)14(19)20)6-13(18)16-11-5-3-2-4-10(11)15/h2-5,9,12H,6-8H2,1H3,(H,16,18)(H,19,20). The summed E-state index contributed by atoms with van der Waals surface area (Å²) in [5.41, 5.74) is 0.758. The summed E-state index contributed by atoms with van der Waals surface area (Å²) in [7, 11) is 1.74. The number of carboxylic acids is 1. The molecule has 0 bridgehead atoms. The van der Waals surface area contributed by atoms with Gasteiger partial charge in [0.1, 0.15) is 0 Å². The minimum absolute atomic E-state index is 0.128. The van der Waals surface area contributed by atoms with Crippen LogP contribution in [0, 0.1) is 9.49 Å². The zero-order chi connectivity index (χ0) is 15.4. The fourth-order valence-corrected chi connectivity index (χ4v) is 2.83. The summed E-state index contributed by atoms with van der Waals surface area (Å²) in [4.78, 5) is 24.9. The fraction of sp³-hybridized carbons (Fsp3) is 0.429. The number of benzene rings is 1. The number of anilines is 1. The van der Waals surface area contributed by atoms with Gasteiger partial charge in [-0.2, -0.15) is 0 Å². The number of carboxylic acid groups (broad SMARTS) is 1. The highest BCUT2D eigenvalue weighted by atomic mass is 127. The summed E-state index contributed by atoms with van der Waals surface area (Å²) in [6.07, 6.45) is 0. The van der Waals surface area contributed by atoms with E-state index in [9.17, 15) is 9.59 Å². The molecule has 0 saturated carbocycles. The minimum atomic E-state index is -0.887. The first-order valence-electron chi connectivity index (χ1n) is 6.54. The number of amides is 1. The van der Waals surface area contributed by atoms with Gasteiger partial charge in [-0.1, -0.05) is 12.1 Å². The quantitative estimate of drug-likeness (QED) is 0.723. The van der Waals surface area contributed by atoms with Gasteiger partial charge in [-0.25, -0.2) is 0 Å². The van der Waals surface area contributed by atoms with Gasteiger partial charge in [-0.15, -0.1) is 0 Å². The Labute approximate surface area is 136 Å². The van der Waals surface area contributed by atoms with E-state index in [4.69, 9.17) is 9.84 Å². The Kier molecular flexibility index (Phi) is 5.54. The zero-order valence-corrected chi connectivity index (χ0v) is 13.7. The van der Waals surface area contributed by atoms with Gasteiger partial charge in [0.15, 0.2) is 0 Å². The van der Waals surface area contributed by atoms with E-state index < -0.39 is 11.9 Å². The molecule has 2 N–H and O–H groups in total. The molecular formula is C14H17IN2O4. The minimum Gasteiger partial charge on any atom is -0.481 e. The van der Waals surface area contributed by atoms with Gasteiger partial charge in [-0.05, 0) is 41.8 Å². The Balaban J connectivity index is 1.93. The van der Waals surface area contributed by atoms with Crippen molar-refractivity contribution in [3.63, 3.8) is 0 Å². The second-order valence-electron chi connectivity index (χ2n) is 4.99. The van der Waals surface area contributed by atoms with Crippen molar-refractivity contribution in [3.8, 4) is 0 Å². The van der Waals surface area contributed by atoms with Crippen LogP contribution in [-0.2, 0) is 14.3 Å². The number of likely N-dealkylation sites (N-methyl/N-ethyl adjacent to an activating group) is 1. The van der Waals surface area contributed by atoms with E-state index in [0.29, 0.717) is 6.61 Å². The molecule has 1 aliphatic heterocycles. The van der Waals surface area contributed by atoms with Crippen LogP contribution in [0.4, 0.5) is 5.69 Å². The Morgan fingerprint density at radius 2 is 2.14 bits per heavy atom. The molecular weight excluding hydrogens is 387 g/mol. The number of aliphatic carboxylic acids is 1. The van der Waals surface area contributed by atoms with Gasteiger partial charge in [0.25, 0.3) is 0 Å². The molecule has 1 aromatic carbocycles. The Bertz CT molecular complexity index is 537. The summed E-state index contributed by atoms with van der Waals surface area (Å²) in [6, 6.07) is 7.22. The molecule has 21 heavy (non-hydrogen) atoms. The summed E-state index contributed by atoms with van der Waals surface area (Å²) in [6.45, 7) is 0.662. The molecule has 114 valence electrons. The fourth-order valence-electron chi connectivity index (χ4n) is 2.31. The van der Waals surface area contributed by atoms with Crippen LogP contribution in [0.3, 0.4) is 0 Å². The predicted molar refractivity (Wildman–Crippen MR) is 86.2 cm³/mol. The number of hydrogen-bond donors (Lipinski definition) is 2. The first-order chi connectivity index (χ1) is 9.99. The van der Waals surface area contributed by atoms with E-state index in [-0.39, 0.29) is 25.1 Å².